The van der Waals surface area contributed by atoms with Crippen molar-refractivity contribution in [1.82, 2.24) is 14.9 Å². The molecule has 124 valence electrons. The minimum absolute atomic E-state index is 0.0821. The van der Waals surface area contributed by atoms with Crippen LogP contribution < -0.4 is 9.64 Å². The molecule has 0 aliphatic carbocycles. The van der Waals surface area contributed by atoms with Crippen LogP contribution in [0.2, 0.25) is 0 Å². The molecule has 0 aromatic carbocycles. The zero-order valence-electron chi connectivity index (χ0n) is 12.7. The lowest BCUT2D eigenvalue weighted by molar-refractivity contribution is -0.141. The molecular formula is C13H19F3N4O2. The molecule has 2 rings (SSSR count). The predicted octanol–water partition coefficient (Wildman–Crippen LogP) is 1.01. The van der Waals surface area contributed by atoms with Crippen molar-refractivity contribution in [3.63, 3.8) is 0 Å². The summed E-state index contributed by atoms with van der Waals surface area (Å²) in [5.74, 6) is -0.235. The van der Waals surface area contributed by atoms with Gasteiger partial charge in [-0.1, -0.05) is 0 Å². The van der Waals surface area contributed by atoms with Gasteiger partial charge in [-0.3, -0.25) is 0 Å². The van der Waals surface area contributed by atoms with E-state index < -0.39 is 17.5 Å². The molecule has 1 saturated heterocycles. The number of rotatable bonds is 4. The third-order valence-electron chi connectivity index (χ3n) is 3.42. The predicted molar refractivity (Wildman–Crippen MR) is 73.9 cm³/mol. The van der Waals surface area contributed by atoms with Gasteiger partial charge in [0.15, 0.2) is 5.69 Å². The van der Waals surface area contributed by atoms with E-state index >= 15 is 0 Å². The summed E-state index contributed by atoms with van der Waals surface area (Å²) in [4.78, 5) is 10.9. The van der Waals surface area contributed by atoms with Crippen molar-refractivity contribution in [2.75, 3.05) is 45.7 Å². The molecule has 1 fully saturated rings. The van der Waals surface area contributed by atoms with Crippen molar-refractivity contribution in [2.24, 2.45) is 0 Å². The van der Waals surface area contributed by atoms with Crippen molar-refractivity contribution < 1.29 is 23.0 Å². The second-order valence-electron chi connectivity index (χ2n) is 5.73. The van der Waals surface area contributed by atoms with E-state index in [4.69, 9.17) is 4.74 Å². The number of ether oxygens (including phenoxy) is 1. The number of alkyl halides is 3. The monoisotopic (exact) mass is 320 g/mol. The topological polar surface area (TPSA) is 61.7 Å². The van der Waals surface area contributed by atoms with Crippen molar-refractivity contribution in [3.8, 4) is 5.88 Å². The lowest BCUT2D eigenvalue weighted by atomic mass is 10.0. The molecule has 9 heteroatoms. The number of aromatic nitrogens is 2. The Kier molecular flexibility index (Phi) is 4.48. The summed E-state index contributed by atoms with van der Waals surface area (Å²) in [6.45, 7) is 0.976. The first-order chi connectivity index (χ1) is 10.1. The number of anilines is 1. The zero-order chi connectivity index (χ0) is 16.5. The van der Waals surface area contributed by atoms with Gasteiger partial charge in [0.2, 0.25) is 11.8 Å². The fourth-order valence-electron chi connectivity index (χ4n) is 2.55. The van der Waals surface area contributed by atoms with Crippen LogP contribution >= 0.6 is 0 Å². The van der Waals surface area contributed by atoms with Crippen LogP contribution in [-0.2, 0) is 6.18 Å². The fourth-order valence-corrected chi connectivity index (χ4v) is 2.55. The van der Waals surface area contributed by atoms with Crippen LogP contribution in [0.4, 0.5) is 19.1 Å². The van der Waals surface area contributed by atoms with Crippen LogP contribution in [0.5, 0.6) is 5.88 Å². The van der Waals surface area contributed by atoms with Gasteiger partial charge >= 0.3 is 6.18 Å². The van der Waals surface area contributed by atoms with Crippen LogP contribution in [0.25, 0.3) is 0 Å². The summed E-state index contributed by atoms with van der Waals surface area (Å²) in [5, 5.41) is 10.5. The summed E-state index contributed by atoms with van der Waals surface area (Å²) in [6.07, 6.45) is -4.14. The molecule has 0 amide bonds. The van der Waals surface area contributed by atoms with Gasteiger partial charge in [0.1, 0.15) is 0 Å². The number of aliphatic hydroxyl groups is 1. The molecule has 0 spiro atoms. The van der Waals surface area contributed by atoms with Gasteiger partial charge in [0.05, 0.1) is 19.3 Å². The number of hydrogen-bond donors (Lipinski definition) is 1. The number of β-amino-alcohol motifs (C(OH)–C–C–N with tert-alkyl or cyclic N) is 1. The molecule has 1 N–H and O–H groups in total. The summed E-state index contributed by atoms with van der Waals surface area (Å²) < 4.78 is 43.4. The molecule has 0 saturated carbocycles. The Balaban J connectivity index is 2.26. The third-order valence-corrected chi connectivity index (χ3v) is 3.42. The fraction of sp³-hybridized carbons (Fsp3) is 0.692. The van der Waals surface area contributed by atoms with Crippen LogP contribution in [0.3, 0.4) is 0 Å². The maximum atomic E-state index is 12.9. The zero-order valence-corrected chi connectivity index (χ0v) is 12.7. The average Bonchev–Trinajstić information content (AvgIpc) is 2.78. The number of halogens is 3. The molecule has 1 atom stereocenters. The minimum atomic E-state index is -4.58. The highest BCUT2D eigenvalue weighted by atomic mass is 19.4. The Morgan fingerprint density at radius 1 is 1.41 bits per heavy atom. The number of nitrogens with zero attached hydrogens (tertiary/aromatic N) is 4. The Labute approximate surface area is 126 Å². The molecule has 0 bridgehead atoms. The highest BCUT2D eigenvalue weighted by molar-refractivity contribution is 5.38. The Hall–Kier alpha value is -1.61. The first kappa shape index (κ1) is 16.8. The average molecular weight is 320 g/mol. The van der Waals surface area contributed by atoms with Gasteiger partial charge in [0.25, 0.3) is 0 Å². The van der Waals surface area contributed by atoms with E-state index in [1.807, 2.05) is 19.0 Å². The number of methoxy groups -OCH3 is 1. The molecule has 0 radical (unpaired) electrons. The maximum Gasteiger partial charge on any atom is 0.433 e. The Morgan fingerprint density at radius 3 is 2.64 bits per heavy atom. The van der Waals surface area contributed by atoms with Gasteiger partial charge in [-0.05, 0) is 20.5 Å². The lowest BCUT2D eigenvalue weighted by Gasteiger charge is -2.26. The first-order valence-corrected chi connectivity index (χ1v) is 6.75. The molecule has 1 aliphatic rings. The maximum absolute atomic E-state index is 12.9. The van der Waals surface area contributed by atoms with Crippen LogP contribution in [-0.4, -0.2) is 66.4 Å². The molecule has 1 aliphatic heterocycles. The van der Waals surface area contributed by atoms with Gasteiger partial charge in [-0.15, -0.1) is 0 Å². The van der Waals surface area contributed by atoms with E-state index in [-0.39, 0.29) is 18.4 Å². The largest absolute Gasteiger partial charge is 0.481 e. The van der Waals surface area contributed by atoms with Crippen molar-refractivity contribution >= 4 is 5.95 Å². The smallest absolute Gasteiger partial charge is 0.433 e. The van der Waals surface area contributed by atoms with Crippen LogP contribution in [0.15, 0.2) is 6.07 Å². The second-order valence-corrected chi connectivity index (χ2v) is 5.73. The molecular weight excluding hydrogens is 301 g/mol. The van der Waals surface area contributed by atoms with Gasteiger partial charge in [-0.25, -0.2) is 4.98 Å². The molecule has 6 nitrogen and oxygen atoms in total. The molecule has 22 heavy (non-hydrogen) atoms. The van der Waals surface area contributed by atoms with Crippen LogP contribution in [0, 0.1) is 0 Å². The van der Waals surface area contributed by atoms with Gasteiger partial charge in [0, 0.05) is 19.2 Å². The summed E-state index contributed by atoms with van der Waals surface area (Å²) in [6, 6.07) is 0.756. The third kappa shape index (κ3) is 3.77. The minimum Gasteiger partial charge on any atom is -0.481 e. The second kappa shape index (κ2) is 5.88. The van der Waals surface area contributed by atoms with E-state index in [0.717, 1.165) is 6.07 Å². The summed E-state index contributed by atoms with van der Waals surface area (Å²) in [5.41, 5.74) is -2.05. The van der Waals surface area contributed by atoms with Crippen molar-refractivity contribution in [2.45, 2.75) is 18.2 Å². The van der Waals surface area contributed by atoms with E-state index in [2.05, 4.69) is 9.97 Å². The van der Waals surface area contributed by atoms with Crippen LogP contribution in [0.1, 0.15) is 12.1 Å². The van der Waals surface area contributed by atoms with Gasteiger partial charge < -0.3 is 19.6 Å². The standard InChI is InChI=1S/C13H19F3N4O2/c1-19(2)7-12(21)4-5-20(8-12)11-17-9(13(14,15)16)6-10(18-11)22-3/h6,21H,4-5,7-8H2,1-3H3. The van der Waals surface area contributed by atoms with Crippen molar-refractivity contribution in [3.05, 3.63) is 11.8 Å². The highest BCUT2D eigenvalue weighted by Gasteiger charge is 2.39. The van der Waals surface area contributed by atoms with E-state index in [1.54, 1.807) is 4.90 Å². The Bertz CT molecular complexity index is 539. The van der Waals surface area contributed by atoms with Gasteiger partial charge in [-0.2, -0.15) is 18.2 Å². The van der Waals surface area contributed by atoms with E-state index in [9.17, 15) is 18.3 Å². The first-order valence-electron chi connectivity index (χ1n) is 6.75. The highest BCUT2D eigenvalue weighted by Crippen LogP contribution is 2.32. The Morgan fingerprint density at radius 2 is 2.09 bits per heavy atom. The van der Waals surface area contributed by atoms with Crippen molar-refractivity contribution in [1.29, 1.82) is 0 Å². The molecule has 2 heterocycles. The number of hydrogen-bond acceptors (Lipinski definition) is 6. The lowest BCUT2D eigenvalue weighted by Crippen LogP contribution is -2.42. The summed E-state index contributed by atoms with van der Waals surface area (Å²) in [7, 11) is 4.90. The SMILES string of the molecule is COc1cc(C(F)(F)F)nc(N2CCC(O)(CN(C)C)C2)n1. The molecule has 1 unspecified atom stereocenters. The van der Waals surface area contributed by atoms with E-state index in [0.29, 0.717) is 19.5 Å². The number of likely N-dealkylation sites (N-methyl/N-ethyl adjacent to an activating group) is 1. The quantitative estimate of drug-likeness (QED) is 0.893. The summed E-state index contributed by atoms with van der Waals surface area (Å²) >= 11 is 0. The molecule has 1 aromatic heterocycles. The van der Waals surface area contributed by atoms with E-state index in [1.165, 1.54) is 7.11 Å². The molecule has 1 aromatic rings. The normalized spacial score (nSPS) is 22.5.